The van der Waals surface area contributed by atoms with Crippen LogP contribution in [0.2, 0.25) is 0 Å². The monoisotopic (exact) mass is 469 g/mol. The number of sulfonamides is 1. The fraction of sp³-hybridized carbons (Fsp3) is 0. The molecule has 0 aliphatic heterocycles. The lowest BCUT2D eigenvalue weighted by molar-refractivity contribution is 0.102. The Morgan fingerprint density at radius 1 is 0.765 bits per heavy atom. The molecule has 1 aromatic heterocycles. The molecule has 1 amide bonds. The van der Waals surface area contributed by atoms with Gasteiger partial charge >= 0.3 is 0 Å². The SMILES string of the molecule is O=C(Nc1ccc(-c2nc3ccccc3o2)cc1)c1cccc(NS(=O)(=O)c2ccccc2)c1. The molecule has 0 atom stereocenters. The molecule has 5 aromatic rings. The maximum absolute atomic E-state index is 12.8. The predicted molar refractivity (Wildman–Crippen MR) is 131 cm³/mol. The van der Waals surface area contributed by atoms with Gasteiger partial charge in [-0.25, -0.2) is 13.4 Å². The number of anilines is 2. The number of rotatable bonds is 6. The molecular formula is C26H19N3O4S. The Bertz CT molecular complexity index is 1540. The van der Waals surface area contributed by atoms with E-state index in [0.717, 1.165) is 11.1 Å². The van der Waals surface area contributed by atoms with Crippen LogP contribution in [-0.2, 0) is 10.0 Å². The average Bonchev–Trinajstić information content (AvgIpc) is 3.29. The average molecular weight is 470 g/mol. The van der Waals surface area contributed by atoms with E-state index in [9.17, 15) is 13.2 Å². The van der Waals surface area contributed by atoms with Crippen LogP contribution in [0.4, 0.5) is 11.4 Å². The van der Waals surface area contributed by atoms with E-state index >= 15 is 0 Å². The number of nitrogens with one attached hydrogen (secondary N) is 2. The van der Waals surface area contributed by atoms with E-state index in [0.29, 0.717) is 28.4 Å². The molecule has 7 nitrogen and oxygen atoms in total. The molecule has 0 unspecified atom stereocenters. The number of para-hydroxylation sites is 2. The smallest absolute Gasteiger partial charge is 0.261 e. The fourth-order valence-corrected chi connectivity index (χ4v) is 4.50. The topological polar surface area (TPSA) is 101 Å². The van der Waals surface area contributed by atoms with Crippen molar-refractivity contribution < 1.29 is 17.6 Å². The van der Waals surface area contributed by atoms with E-state index in [-0.39, 0.29) is 10.8 Å². The number of nitrogens with zero attached hydrogens (tertiary/aromatic N) is 1. The van der Waals surface area contributed by atoms with Gasteiger partial charge in [-0.05, 0) is 66.7 Å². The van der Waals surface area contributed by atoms with E-state index in [1.807, 2.05) is 36.4 Å². The zero-order valence-corrected chi connectivity index (χ0v) is 18.6. The van der Waals surface area contributed by atoms with Crippen molar-refractivity contribution in [1.29, 1.82) is 0 Å². The molecule has 0 aliphatic carbocycles. The number of hydrogen-bond donors (Lipinski definition) is 2. The molecule has 168 valence electrons. The van der Waals surface area contributed by atoms with Gasteiger partial charge in [0.25, 0.3) is 15.9 Å². The number of carbonyl (C=O) groups is 1. The van der Waals surface area contributed by atoms with Crippen LogP contribution < -0.4 is 10.0 Å². The van der Waals surface area contributed by atoms with Crippen molar-refractivity contribution in [3.63, 3.8) is 0 Å². The van der Waals surface area contributed by atoms with Gasteiger partial charge in [-0.15, -0.1) is 0 Å². The van der Waals surface area contributed by atoms with Crippen molar-refractivity contribution in [3.05, 3.63) is 109 Å². The Morgan fingerprint density at radius 2 is 1.50 bits per heavy atom. The second kappa shape index (κ2) is 8.84. The molecule has 2 N–H and O–H groups in total. The Labute approximate surface area is 196 Å². The molecule has 1 heterocycles. The number of oxazole rings is 1. The van der Waals surface area contributed by atoms with Gasteiger partial charge in [-0.3, -0.25) is 9.52 Å². The standard InChI is InChI=1S/C26H19N3O4S/c30-25(19-7-6-8-21(17-19)29-34(31,32)22-9-2-1-3-10-22)27-20-15-13-18(14-16-20)26-28-23-11-4-5-12-24(23)33-26/h1-17,29H,(H,27,30). The Morgan fingerprint density at radius 3 is 2.26 bits per heavy atom. The summed E-state index contributed by atoms with van der Waals surface area (Å²) in [5.74, 6) is 0.132. The highest BCUT2D eigenvalue weighted by molar-refractivity contribution is 7.92. The summed E-state index contributed by atoms with van der Waals surface area (Å²) in [5.41, 5.74) is 3.46. The number of amides is 1. The first-order chi connectivity index (χ1) is 16.5. The number of hydrogen-bond acceptors (Lipinski definition) is 5. The molecule has 4 aromatic carbocycles. The minimum Gasteiger partial charge on any atom is -0.436 e. The Kier molecular flexibility index (Phi) is 5.57. The maximum Gasteiger partial charge on any atom is 0.261 e. The van der Waals surface area contributed by atoms with Crippen molar-refractivity contribution in [2.75, 3.05) is 10.0 Å². The normalized spacial score (nSPS) is 11.3. The van der Waals surface area contributed by atoms with Gasteiger partial charge in [-0.1, -0.05) is 36.4 Å². The predicted octanol–water partition coefficient (Wildman–Crippen LogP) is 5.55. The molecule has 0 saturated heterocycles. The molecule has 5 rings (SSSR count). The lowest BCUT2D eigenvalue weighted by Gasteiger charge is -2.10. The van der Waals surface area contributed by atoms with Crippen molar-refractivity contribution in [2.24, 2.45) is 0 Å². The van der Waals surface area contributed by atoms with Crippen LogP contribution in [0.15, 0.2) is 112 Å². The zero-order chi connectivity index (χ0) is 23.5. The molecule has 0 radical (unpaired) electrons. The van der Waals surface area contributed by atoms with Crippen LogP contribution in [0, 0.1) is 0 Å². The molecule has 0 saturated carbocycles. The Hall–Kier alpha value is -4.43. The van der Waals surface area contributed by atoms with E-state index in [1.54, 1.807) is 48.5 Å². The number of aromatic nitrogens is 1. The highest BCUT2D eigenvalue weighted by atomic mass is 32.2. The van der Waals surface area contributed by atoms with Gasteiger partial charge in [-0.2, -0.15) is 0 Å². The second-order valence-electron chi connectivity index (χ2n) is 7.52. The largest absolute Gasteiger partial charge is 0.436 e. The van der Waals surface area contributed by atoms with Gasteiger partial charge in [0.05, 0.1) is 4.90 Å². The molecule has 8 heteroatoms. The summed E-state index contributed by atoms with van der Waals surface area (Å²) < 4.78 is 33.4. The summed E-state index contributed by atoms with van der Waals surface area (Å²) in [6.07, 6.45) is 0. The first kappa shape index (κ1) is 21.4. The summed E-state index contributed by atoms with van der Waals surface area (Å²) in [6, 6.07) is 29.0. The van der Waals surface area contributed by atoms with Crippen LogP contribution in [0.5, 0.6) is 0 Å². The summed E-state index contributed by atoms with van der Waals surface area (Å²) in [7, 11) is -3.75. The third-order valence-electron chi connectivity index (χ3n) is 5.11. The van der Waals surface area contributed by atoms with E-state index < -0.39 is 10.0 Å². The lowest BCUT2D eigenvalue weighted by atomic mass is 10.1. The highest BCUT2D eigenvalue weighted by Crippen LogP contribution is 2.25. The number of fused-ring (bicyclic) bond motifs is 1. The van der Waals surface area contributed by atoms with Gasteiger partial charge in [0.15, 0.2) is 5.58 Å². The fourth-order valence-electron chi connectivity index (χ4n) is 3.43. The van der Waals surface area contributed by atoms with Gasteiger partial charge in [0.1, 0.15) is 5.52 Å². The molecule has 0 bridgehead atoms. The summed E-state index contributed by atoms with van der Waals surface area (Å²) in [5, 5.41) is 2.82. The van der Waals surface area contributed by atoms with Crippen LogP contribution in [0.1, 0.15) is 10.4 Å². The number of benzene rings is 4. The molecule has 0 aliphatic rings. The van der Waals surface area contributed by atoms with Crippen molar-refractivity contribution in [2.45, 2.75) is 4.90 Å². The first-order valence-corrected chi connectivity index (χ1v) is 11.9. The van der Waals surface area contributed by atoms with Crippen LogP contribution >= 0.6 is 0 Å². The van der Waals surface area contributed by atoms with E-state index in [2.05, 4.69) is 15.0 Å². The second-order valence-corrected chi connectivity index (χ2v) is 9.20. The van der Waals surface area contributed by atoms with Gasteiger partial charge in [0.2, 0.25) is 5.89 Å². The van der Waals surface area contributed by atoms with E-state index in [1.165, 1.54) is 18.2 Å². The third-order valence-corrected chi connectivity index (χ3v) is 6.51. The van der Waals surface area contributed by atoms with Crippen molar-refractivity contribution in [3.8, 4) is 11.5 Å². The summed E-state index contributed by atoms with van der Waals surface area (Å²) in [6.45, 7) is 0. The molecular weight excluding hydrogens is 450 g/mol. The third kappa shape index (κ3) is 4.53. The molecule has 34 heavy (non-hydrogen) atoms. The summed E-state index contributed by atoms with van der Waals surface area (Å²) in [4.78, 5) is 17.4. The van der Waals surface area contributed by atoms with Crippen LogP contribution in [-0.4, -0.2) is 19.3 Å². The minimum atomic E-state index is -3.75. The van der Waals surface area contributed by atoms with E-state index in [4.69, 9.17) is 4.42 Å². The quantitative estimate of drug-likeness (QED) is 0.340. The zero-order valence-electron chi connectivity index (χ0n) is 17.8. The van der Waals surface area contributed by atoms with Crippen molar-refractivity contribution >= 4 is 38.4 Å². The van der Waals surface area contributed by atoms with Crippen LogP contribution in [0.25, 0.3) is 22.6 Å². The van der Waals surface area contributed by atoms with Crippen LogP contribution in [0.3, 0.4) is 0 Å². The summed E-state index contributed by atoms with van der Waals surface area (Å²) >= 11 is 0. The molecule has 0 fully saturated rings. The van der Waals surface area contributed by atoms with Crippen molar-refractivity contribution in [1.82, 2.24) is 4.98 Å². The minimum absolute atomic E-state index is 0.142. The highest BCUT2D eigenvalue weighted by Gasteiger charge is 2.15. The first-order valence-electron chi connectivity index (χ1n) is 10.4. The maximum atomic E-state index is 12.8. The molecule has 0 spiro atoms. The van der Waals surface area contributed by atoms with Gasteiger partial charge in [0, 0.05) is 22.5 Å². The Balaban J connectivity index is 1.30. The van der Waals surface area contributed by atoms with Gasteiger partial charge < -0.3 is 9.73 Å². The number of carbonyl (C=O) groups excluding carboxylic acids is 1. The lowest BCUT2D eigenvalue weighted by Crippen LogP contribution is -2.15.